The zero-order valence-corrected chi connectivity index (χ0v) is 12.9. The highest BCUT2D eigenvalue weighted by molar-refractivity contribution is 4.42. The Balaban J connectivity index is -0.000000155. The first-order chi connectivity index (χ1) is 6.73. The second-order valence-electron chi connectivity index (χ2n) is 6.00. The van der Waals surface area contributed by atoms with E-state index in [1.807, 2.05) is 0 Å². The van der Waals surface area contributed by atoms with Crippen molar-refractivity contribution < 1.29 is 0 Å². The van der Waals surface area contributed by atoms with Gasteiger partial charge in [0.25, 0.3) is 0 Å². The Labute approximate surface area is 99.9 Å². The molecule has 96 valence electrons. The Bertz CT molecular complexity index is 68.5. The van der Waals surface area contributed by atoms with Crippen LogP contribution < -0.4 is 0 Å². The minimum absolute atomic E-state index is 0.833. The second kappa shape index (κ2) is 16.4. The third kappa shape index (κ3) is 126. The molecule has 0 aromatic rings. The van der Waals surface area contributed by atoms with Gasteiger partial charge in [0.1, 0.15) is 0 Å². The Hall–Kier alpha value is 0. The number of hydrogen-bond donors (Lipinski definition) is 0. The summed E-state index contributed by atoms with van der Waals surface area (Å²) in [5.41, 5.74) is 0. The topological polar surface area (TPSA) is 0 Å². The smallest absolute Gasteiger partial charge is 0.0471 e. The van der Waals surface area contributed by atoms with Crippen LogP contribution in [0.25, 0.3) is 0 Å². The van der Waals surface area contributed by atoms with Crippen LogP contribution in [0.3, 0.4) is 0 Å². The first-order valence-electron chi connectivity index (χ1n) is 6.73. The molecule has 0 aliphatic heterocycles. The Kier molecular flexibility index (Phi) is 22.4. The lowest BCUT2D eigenvalue weighted by atomic mass is 10.1. The van der Waals surface area contributed by atoms with Gasteiger partial charge in [0, 0.05) is 0 Å². The van der Waals surface area contributed by atoms with E-state index in [-0.39, 0.29) is 0 Å². The molecule has 0 bridgehead atoms. The molecule has 0 unspecified atom stereocenters. The molecule has 0 nitrogen and oxygen atoms in total. The molecule has 0 aliphatic carbocycles. The van der Waals surface area contributed by atoms with Gasteiger partial charge in [-0.3, -0.25) is 0 Å². The van der Waals surface area contributed by atoms with Gasteiger partial charge in [-0.15, -0.1) is 0 Å². The zero-order chi connectivity index (χ0) is 12.9. The molecule has 0 rings (SSSR count). The minimum Gasteiger partial charge on any atom is -0.0654 e. The number of unbranched alkanes of at least 4 members (excludes halogenated alkanes) is 1. The molecule has 0 atom stereocenters. The summed E-state index contributed by atoms with van der Waals surface area (Å²) >= 11 is 0. The molecule has 0 aliphatic rings. The van der Waals surface area contributed by atoms with Gasteiger partial charge in [-0.2, -0.15) is 0 Å². The predicted octanol–water partition coefficient (Wildman–Crippen LogP) is 6.16. The van der Waals surface area contributed by atoms with Gasteiger partial charge in [-0.1, -0.05) is 81.6 Å². The van der Waals surface area contributed by atoms with Crippen molar-refractivity contribution in [2.24, 2.45) is 17.8 Å². The Morgan fingerprint density at radius 2 is 0.933 bits per heavy atom. The summed E-state index contributed by atoms with van der Waals surface area (Å²) < 4.78 is 0. The highest BCUT2D eigenvalue weighted by atomic mass is 13.9. The quantitative estimate of drug-likeness (QED) is 0.530. The van der Waals surface area contributed by atoms with Gasteiger partial charge >= 0.3 is 0 Å². The van der Waals surface area contributed by atoms with Crippen molar-refractivity contribution in [3.8, 4) is 0 Å². The molecule has 0 saturated carbocycles. The van der Waals surface area contributed by atoms with Crippen LogP contribution in [0.15, 0.2) is 0 Å². The highest BCUT2D eigenvalue weighted by Crippen LogP contribution is 2.04. The van der Waals surface area contributed by atoms with Crippen LogP contribution in [0, 0.1) is 17.8 Å². The third-order valence-electron chi connectivity index (χ3n) is 1.14. The molecular formula is C15H36. The monoisotopic (exact) mass is 216 g/mol. The fourth-order valence-corrected chi connectivity index (χ4v) is 0.612. The van der Waals surface area contributed by atoms with Crippen LogP contribution in [0.4, 0.5) is 0 Å². The van der Waals surface area contributed by atoms with Crippen LogP contribution in [-0.4, -0.2) is 0 Å². The summed E-state index contributed by atoms with van der Waals surface area (Å²) in [5, 5.41) is 0. The predicted molar refractivity (Wildman–Crippen MR) is 75.4 cm³/mol. The molecule has 0 radical (unpaired) electrons. The molecule has 0 heterocycles. The van der Waals surface area contributed by atoms with Gasteiger partial charge in [-0.05, 0) is 17.8 Å². The van der Waals surface area contributed by atoms with Crippen molar-refractivity contribution in [2.75, 3.05) is 0 Å². The summed E-state index contributed by atoms with van der Waals surface area (Å²) in [5.74, 6) is 2.57. The average Bonchev–Trinajstić information content (AvgIpc) is 1.98. The maximum Gasteiger partial charge on any atom is -0.0471 e. The van der Waals surface area contributed by atoms with E-state index in [0.717, 1.165) is 17.8 Å². The fraction of sp³-hybridized carbons (Fsp3) is 1.00. The van der Waals surface area contributed by atoms with Crippen molar-refractivity contribution in [1.82, 2.24) is 0 Å². The van der Waals surface area contributed by atoms with E-state index in [2.05, 4.69) is 62.3 Å². The van der Waals surface area contributed by atoms with Crippen LogP contribution in [-0.2, 0) is 0 Å². The SMILES string of the molecule is CC(C)C.CC(C)C.CCCCC(C)C. The standard InChI is InChI=1S/C7H16.2C4H10/c1-4-5-6-7(2)3;2*1-4(2)3/h7H,4-6H2,1-3H3;2*4H,1-3H3. The van der Waals surface area contributed by atoms with Crippen molar-refractivity contribution in [3.05, 3.63) is 0 Å². The van der Waals surface area contributed by atoms with E-state index >= 15 is 0 Å². The molecule has 0 saturated heterocycles. The van der Waals surface area contributed by atoms with Gasteiger partial charge < -0.3 is 0 Å². The first kappa shape index (κ1) is 20.4. The Morgan fingerprint density at radius 1 is 0.667 bits per heavy atom. The highest BCUT2D eigenvalue weighted by Gasteiger charge is 1.88. The molecule has 0 heteroatoms. The summed E-state index contributed by atoms with van der Waals surface area (Å²) in [6.45, 7) is 19.8. The molecule has 0 spiro atoms. The molecule has 15 heavy (non-hydrogen) atoms. The average molecular weight is 216 g/mol. The summed E-state index contributed by atoms with van der Waals surface area (Å²) in [4.78, 5) is 0. The van der Waals surface area contributed by atoms with Gasteiger partial charge in [0.05, 0.1) is 0 Å². The molecule has 0 fully saturated rings. The van der Waals surface area contributed by atoms with Crippen molar-refractivity contribution in [2.45, 2.75) is 81.6 Å². The minimum atomic E-state index is 0.833. The van der Waals surface area contributed by atoms with Crippen LogP contribution in [0.2, 0.25) is 0 Å². The van der Waals surface area contributed by atoms with E-state index in [9.17, 15) is 0 Å². The van der Waals surface area contributed by atoms with Crippen LogP contribution in [0.1, 0.15) is 81.6 Å². The van der Waals surface area contributed by atoms with Crippen LogP contribution >= 0.6 is 0 Å². The van der Waals surface area contributed by atoms with Gasteiger partial charge in [0.15, 0.2) is 0 Å². The maximum atomic E-state index is 2.27. The normalized spacial score (nSPS) is 9.60. The number of hydrogen-bond acceptors (Lipinski definition) is 0. The summed E-state index contributed by atoms with van der Waals surface area (Å²) in [6, 6.07) is 0. The van der Waals surface area contributed by atoms with E-state index < -0.39 is 0 Å². The van der Waals surface area contributed by atoms with Crippen molar-refractivity contribution in [3.63, 3.8) is 0 Å². The number of rotatable bonds is 3. The fourth-order valence-electron chi connectivity index (χ4n) is 0.612. The van der Waals surface area contributed by atoms with Gasteiger partial charge in [-0.25, -0.2) is 0 Å². The maximum absolute atomic E-state index is 2.27. The first-order valence-corrected chi connectivity index (χ1v) is 6.73. The second-order valence-corrected chi connectivity index (χ2v) is 6.00. The van der Waals surface area contributed by atoms with E-state index in [1.54, 1.807) is 0 Å². The molecule has 0 amide bonds. The van der Waals surface area contributed by atoms with Gasteiger partial charge in [0.2, 0.25) is 0 Å². The summed E-state index contributed by atoms with van der Waals surface area (Å²) in [6.07, 6.45) is 4.15. The lowest BCUT2D eigenvalue weighted by Crippen LogP contribution is -1.83. The van der Waals surface area contributed by atoms with E-state index in [4.69, 9.17) is 0 Å². The lowest BCUT2D eigenvalue weighted by molar-refractivity contribution is 0.550. The largest absolute Gasteiger partial charge is 0.0654 e. The molecule has 0 aromatic carbocycles. The van der Waals surface area contributed by atoms with E-state index in [0.29, 0.717) is 0 Å². The lowest BCUT2D eigenvalue weighted by Gasteiger charge is -1.98. The van der Waals surface area contributed by atoms with Crippen molar-refractivity contribution in [1.29, 1.82) is 0 Å². The molecular weight excluding hydrogens is 180 g/mol. The molecule has 0 N–H and O–H groups in total. The van der Waals surface area contributed by atoms with Crippen molar-refractivity contribution >= 4 is 0 Å². The third-order valence-corrected chi connectivity index (χ3v) is 1.14. The zero-order valence-electron chi connectivity index (χ0n) is 12.9. The summed E-state index contributed by atoms with van der Waals surface area (Å²) in [7, 11) is 0. The Morgan fingerprint density at radius 3 is 1.00 bits per heavy atom. The molecule has 0 aromatic heterocycles. The van der Waals surface area contributed by atoms with Crippen LogP contribution in [0.5, 0.6) is 0 Å². The van der Waals surface area contributed by atoms with E-state index in [1.165, 1.54) is 19.3 Å².